The summed E-state index contributed by atoms with van der Waals surface area (Å²) in [5.41, 5.74) is 0. The third-order valence-corrected chi connectivity index (χ3v) is 3.92. The second kappa shape index (κ2) is 2.91. The van der Waals surface area contributed by atoms with E-state index in [1.165, 1.54) is 6.42 Å². The van der Waals surface area contributed by atoms with Gasteiger partial charge in [-0.2, -0.15) is 0 Å². The van der Waals surface area contributed by atoms with Crippen LogP contribution in [0.15, 0.2) is 0 Å². The van der Waals surface area contributed by atoms with Crippen LogP contribution in [0.1, 0.15) is 26.2 Å². The van der Waals surface area contributed by atoms with Crippen LogP contribution in [0.5, 0.6) is 0 Å². The first-order chi connectivity index (χ1) is 6.42. The first-order valence-electron chi connectivity index (χ1n) is 5.42. The van der Waals surface area contributed by atoms with Gasteiger partial charge in [-0.05, 0) is 12.8 Å². The highest BCUT2D eigenvalue weighted by Gasteiger charge is 2.46. The lowest BCUT2D eigenvalue weighted by Crippen LogP contribution is -2.42. The average molecular weight is 194 g/mol. The van der Waals surface area contributed by atoms with Crippen molar-refractivity contribution in [3.8, 4) is 0 Å². The van der Waals surface area contributed by atoms with Gasteiger partial charge in [-0.3, -0.25) is 0 Å². The Kier molecular flexibility index (Phi) is 2.05. The van der Waals surface area contributed by atoms with Crippen molar-refractivity contribution in [2.75, 3.05) is 14.1 Å². The molecule has 1 saturated carbocycles. The fourth-order valence-corrected chi connectivity index (χ4v) is 2.91. The van der Waals surface area contributed by atoms with E-state index in [1.807, 2.05) is 23.9 Å². The van der Waals surface area contributed by atoms with Crippen LogP contribution in [0.3, 0.4) is 0 Å². The molecule has 0 aromatic rings. The Morgan fingerprint density at radius 3 is 2.57 bits per heavy atom. The fraction of sp³-hybridized carbons (Fsp3) is 0.900. The SMILES string of the molecule is BC1(C)CCC2C(C1)N(C)C(=O)N2C. The van der Waals surface area contributed by atoms with Crippen LogP contribution in [0, 0.1) is 0 Å². The molecule has 1 aliphatic heterocycles. The maximum atomic E-state index is 11.7. The molecule has 0 spiro atoms. The largest absolute Gasteiger partial charge is 0.323 e. The minimum Gasteiger partial charge on any atom is -0.323 e. The molecule has 0 aromatic heterocycles. The topological polar surface area (TPSA) is 23.6 Å². The summed E-state index contributed by atoms with van der Waals surface area (Å²) in [6, 6.07) is 1.09. The molecule has 3 unspecified atom stereocenters. The lowest BCUT2D eigenvalue weighted by Gasteiger charge is -2.39. The molecule has 78 valence electrons. The number of amides is 2. The molecule has 2 amide bonds. The van der Waals surface area contributed by atoms with Crippen molar-refractivity contribution in [2.45, 2.75) is 43.6 Å². The van der Waals surface area contributed by atoms with Crippen molar-refractivity contribution < 1.29 is 4.79 Å². The van der Waals surface area contributed by atoms with Gasteiger partial charge in [0.1, 0.15) is 7.85 Å². The van der Waals surface area contributed by atoms with E-state index < -0.39 is 0 Å². The van der Waals surface area contributed by atoms with Crippen LogP contribution in [0.2, 0.25) is 5.31 Å². The van der Waals surface area contributed by atoms with Crippen molar-refractivity contribution in [1.29, 1.82) is 0 Å². The summed E-state index contributed by atoms with van der Waals surface area (Å²) in [6.07, 6.45) is 3.54. The van der Waals surface area contributed by atoms with E-state index in [0.717, 1.165) is 12.8 Å². The predicted molar refractivity (Wildman–Crippen MR) is 59.3 cm³/mol. The molecular weight excluding hydrogens is 175 g/mol. The van der Waals surface area contributed by atoms with Gasteiger partial charge in [-0.1, -0.05) is 18.7 Å². The number of rotatable bonds is 0. The Labute approximate surface area is 86.8 Å². The molecule has 2 rings (SSSR count). The first-order valence-corrected chi connectivity index (χ1v) is 5.42. The molecule has 1 saturated heterocycles. The fourth-order valence-electron chi connectivity index (χ4n) is 2.91. The molecule has 14 heavy (non-hydrogen) atoms. The van der Waals surface area contributed by atoms with Crippen LogP contribution in [0.4, 0.5) is 4.79 Å². The molecule has 0 aromatic carbocycles. The van der Waals surface area contributed by atoms with E-state index in [2.05, 4.69) is 14.8 Å². The summed E-state index contributed by atoms with van der Waals surface area (Å²) >= 11 is 0. The number of hydrogen-bond acceptors (Lipinski definition) is 1. The molecule has 2 fully saturated rings. The van der Waals surface area contributed by atoms with E-state index in [-0.39, 0.29) is 6.03 Å². The normalized spacial score (nSPS) is 42.9. The number of carbonyl (C=O) groups is 1. The molecule has 1 aliphatic carbocycles. The smallest absolute Gasteiger partial charge is 0.320 e. The highest BCUT2D eigenvalue weighted by atomic mass is 16.2. The van der Waals surface area contributed by atoms with Gasteiger partial charge < -0.3 is 9.80 Å². The van der Waals surface area contributed by atoms with Gasteiger partial charge in [0.15, 0.2) is 0 Å². The number of nitrogens with zero attached hydrogens (tertiary/aromatic N) is 2. The van der Waals surface area contributed by atoms with Crippen molar-refractivity contribution in [2.24, 2.45) is 0 Å². The summed E-state index contributed by atoms with van der Waals surface area (Å²) in [5, 5.41) is 0.404. The van der Waals surface area contributed by atoms with Crippen molar-refractivity contribution in [3.05, 3.63) is 0 Å². The maximum Gasteiger partial charge on any atom is 0.320 e. The van der Waals surface area contributed by atoms with Gasteiger partial charge in [-0.25, -0.2) is 4.79 Å². The Morgan fingerprint density at radius 1 is 1.36 bits per heavy atom. The Balaban J connectivity index is 2.20. The van der Waals surface area contributed by atoms with Crippen LogP contribution in [0.25, 0.3) is 0 Å². The number of urea groups is 1. The zero-order valence-electron chi connectivity index (χ0n) is 9.58. The van der Waals surface area contributed by atoms with Crippen molar-refractivity contribution >= 4 is 13.9 Å². The Bertz CT molecular complexity index is 267. The maximum absolute atomic E-state index is 11.7. The van der Waals surface area contributed by atoms with Gasteiger partial charge in [-0.15, -0.1) is 0 Å². The number of hydrogen-bond donors (Lipinski definition) is 0. The lowest BCUT2D eigenvalue weighted by molar-refractivity contribution is 0.199. The minimum atomic E-state index is 0.192. The molecule has 4 heteroatoms. The number of carbonyl (C=O) groups excluding carboxylic acids is 1. The minimum absolute atomic E-state index is 0.192. The van der Waals surface area contributed by atoms with Crippen molar-refractivity contribution in [3.63, 3.8) is 0 Å². The van der Waals surface area contributed by atoms with Crippen LogP contribution >= 0.6 is 0 Å². The van der Waals surface area contributed by atoms with E-state index in [1.54, 1.807) is 0 Å². The van der Waals surface area contributed by atoms with Gasteiger partial charge >= 0.3 is 6.03 Å². The summed E-state index contributed by atoms with van der Waals surface area (Å²) in [4.78, 5) is 15.6. The zero-order chi connectivity index (χ0) is 10.5. The highest BCUT2D eigenvalue weighted by Crippen LogP contribution is 2.44. The van der Waals surface area contributed by atoms with Crippen LogP contribution in [-0.2, 0) is 0 Å². The van der Waals surface area contributed by atoms with E-state index in [9.17, 15) is 4.79 Å². The van der Waals surface area contributed by atoms with Gasteiger partial charge in [0.05, 0.1) is 12.1 Å². The lowest BCUT2D eigenvalue weighted by atomic mass is 9.59. The quantitative estimate of drug-likeness (QED) is 0.521. The third-order valence-electron chi connectivity index (χ3n) is 3.92. The molecule has 3 nitrogen and oxygen atoms in total. The van der Waals surface area contributed by atoms with E-state index >= 15 is 0 Å². The molecule has 0 bridgehead atoms. The van der Waals surface area contributed by atoms with E-state index in [0.29, 0.717) is 17.4 Å². The molecular formula is C10H19BN2O. The predicted octanol–water partition coefficient (Wildman–Crippen LogP) is 0.716. The van der Waals surface area contributed by atoms with Gasteiger partial charge in [0.25, 0.3) is 0 Å². The highest BCUT2D eigenvalue weighted by molar-refractivity contribution is 6.15. The summed E-state index contributed by atoms with van der Waals surface area (Å²) in [7, 11) is 6.17. The van der Waals surface area contributed by atoms with Crippen LogP contribution < -0.4 is 0 Å². The molecule has 0 N–H and O–H groups in total. The summed E-state index contributed by atoms with van der Waals surface area (Å²) < 4.78 is 0. The summed E-state index contributed by atoms with van der Waals surface area (Å²) in [6.45, 7) is 2.31. The Morgan fingerprint density at radius 2 is 1.93 bits per heavy atom. The standard InChI is InChI=1S/C10H19BN2O/c1-10(11)5-4-7-8(6-10)13(3)9(14)12(7)2/h7-8H,4-6,11H2,1-3H3. The zero-order valence-corrected chi connectivity index (χ0v) is 9.58. The van der Waals surface area contributed by atoms with E-state index in [4.69, 9.17) is 0 Å². The molecule has 2 aliphatic rings. The average Bonchev–Trinajstić information content (AvgIpc) is 2.30. The van der Waals surface area contributed by atoms with Crippen molar-refractivity contribution in [1.82, 2.24) is 9.80 Å². The number of fused-ring (bicyclic) bond motifs is 1. The van der Waals surface area contributed by atoms with Gasteiger partial charge in [0, 0.05) is 14.1 Å². The second-order valence-corrected chi connectivity index (χ2v) is 5.55. The Hall–Kier alpha value is -0.665. The third kappa shape index (κ3) is 1.32. The molecule has 0 radical (unpaired) electrons. The number of likely N-dealkylation sites (N-methyl/N-ethyl adjacent to an activating group) is 2. The first kappa shape index (κ1) is 9.87. The summed E-state index contributed by atoms with van der Waals surface area (Å²) in [5.74, 6) is 0. The second-order valence-electron chi connectivity index (χ2n) is 5.55. The molecule has 1 heterocycles. The van der Waals surface area contributed by atoms with Crippen LogP contribution in [-0.4, -0.2) is 49.9 Å². The van der Waals surface area contributed by atoms with Gasteiger partial charge in [0.2, 0.25) is 0 Å². The molecule has 3 atom stereocenters. The monoisotopic (exact) mass is 194 g/mol.